The first-order valence-corrected chi connectivity index (χ1v) is 3.00. The number of hydrogen-bond acceptors (Lipinski definition) is 1. The summed E-state index contributed by atoms with van der Waals surface area (Å²) in [6.07, 6.45) is 3.72. The highest BCUT2D eigenvalue weighted by Gasteiger charge is 1.96. The summed E-state index contributed by atoms with van der Waals surface area (Å²) in [4.78, 5) is 0. The topological polar surface area (TPSA) is 53.8 Å². The standard InChI is InChI=1S/C7H10N3/c1-10-4-2-6(3-5-10)7(8)9/h2-5H,1H3,(H3,8,9)/q+1. The Labute approximate surface area is 59.6 Å². The van der Waals surface area contributed by atoms with Gasteiger partial charge in [0, 0.05) is 17.7 Å². The van der Waals surface area contributed by atoms with Crippen LogP contribution in [0.3, 0.4) is 0 Å². The summed E-state index contributed by atoms with van der Waals surface area (Å²) >= 11 is 0. The Bertz CT molecular complexity index is 238. The molecule has 0 aromatic carbocycles. The first kappa shape index (κ1) is 6.74. The van der Waals surface area contributed by atoms with E-state index in [2.05, 4.69) is 0 Å². The van der Waals surface area contributed by atoms with Gasteiger partial charge in [0.2, 0.25) is 0 Å². The Kier molecular flexibility index (Phi) is 1.67. The van der Waals surface area contributed by atoms with Crippen molar-refractivity contribution >= 4 is 5.84 Å². The van der Waals surface area contributed by atoms with E-state index in [0.29, 0.717) is 0 Å². The highest BCUT2D eigenvalue weighted by atomic mass is 14.9. The molecule has 0 aliphatic heterocycles. The van der Waals surface area contributed by atoms with E-state index in [1.807, 2.05) is 36.1 Å². The van der Waals surface area contributed by atoms with E-state index in [0.717, 1.165) is 5.56 Å². The lowest BCUT2D eigenvalue weighted by Gasteiger charge is -1.92. The number of nitrogens with one attached hydrogen (secondary N) is 1. The largest absolute Gasteiger partial charge is 0.384 e. The minimum absolute atomic E-state index is 0.112. The average molecular weight is 136 g/mol. The molecule has 0 amide bonds. The van der Waals surface area contributed by atoms with E-state index in [9.17, 15) is 0 Å². The predicted molar refractivity (Wildman–Crippen MR) is 38.6 cm³/mol. The monoisotopic (exact) mass is 136 g/mol. The zero-order valence-electron chi connectivity index (χ0n) is 5.83. The lowest BCUT2D eigenvalue weighted by molar-refractivity contribution is -0.671. The van der Waals surface area contributed by atoms with Crippen LogP contribution in [0, 0.1) is 5.41 Å². The SMILES string of the molecule is C[n+]1ccc(C(=N)N)cc1. The van der Waals surface area contributed by atoms with Crippen molar-refractivity contribution < 1.29 is 4.57 Å². The maximum absolute atomic E-state index is 7.07. The number of nitrogens with two attached hydrogens (primary N) is 1. The number of nitrogen functional groups attached to an aromatic ring is 1. The fraction of sp³-hybridized carbons (Fsp3) is 0.143. The molecule has 0 spiro atoms. The van der Waals surface area contributed by atoms with Crippen molar-refractivity contribution in [2.45, 2.75) is 0 Å². The summed E-state index contributed by atoms with van der Waals surface area (Å²) in [6.45, 7) is 0. The van der Waals surface area contributed by atoms with Crippen molar-refractivity contribution in [1.29, 1.82) is 5.41 Å². The van der Waals surface area contributed by atoms with Crippen LogP contribution in [0.1, 0.15) is 5.56 Å². The molecule has 1 aromatic heterocycles. The molecule has 3 nitrogen and oxygen atoms in total. The third-order valence-corrected chi connectivity index (χ3v) is 1.29. The third kappa shape index (κ3) is 1.31. The highest BCUT2D eigenvalue weighted by molar-refractivity contribution is 5.94. The van der Waals surface area contributed by atoms with Crippen molar-refractivity contribution in [2.24, 2.45) is 12.8 Å². The Morgan fingerprint density at radius 1 is 1.50 bits per heavy atom. The molecule has 0 aliphatic carbocycles. The minimum atomic E-state index is 0.112. The van der Waals surface area contributed by atoms with E-state index in [1.165, 1.54) is 0 Å². The van der Waals surface area contributed by atoms with Gasteiger partial charge >= 0.3 is 0 Å². The number of nitrogens with zero attached hydrogens (tertiary/aromatic N) is 1. The number of rotatable bonds is 1. The van der Waals surface area contributed by atoms with Crippen molar-refractivity contribution in [2.75, 3.05) is 0 Å². The summed E-state index contributed by atoms with van der Waals surface area (Å²) in [5.74, 6) is 0.112. The van der Waals surface area contributed by atoms with Gasteiger partial charge in [-0.05, 0) is 0 Å². The van der Waals surface area contributed by atoms with Gasteiger partial charge in [-0.1, -0.05) is 0 Å². The minimum Gasteiger partial charge on any atom is -0.384 e. The predicted octanol–water partition coefficient (Wildman–Crippen LogP) is -0.205. The Morgan fingerprint density at radius 2 is 2.00 bits per heavy atom. The molecular weight excluding hydrogens is 126 g/mol. The highest BCUT2D eigenvalue weighted by Crippen LogP contribution is 1.90. The molecule has 3 N–H and O–H groups in total. The van der Waals surface area contributed by atoms with Gasteiger partial charge in [-0.2, -0.15) is 0 Å². The molecule has 0 aliphatic rings. The molecule has 0 saturated carbocycles. The smallest absolute Gasteiger partial charge is 0.169 e. The summed E-state index contributed by atoms with van der Waals surface area (Å²) < 4.78 is 1.90. The molecule has 1 heterocycles. The van der Waals surface area contributed by atoms with Gasteiger partial charge in [-0.25, -0.2) is 4.57 Å². The molecule has 0 unspecified atom stereocenters. The van der Waals surface area contributed by atoms with Gasteiger partial charge in [0.05, 0.1) is 0 Å². The summed E-state index contributed by atoms with van der Waals surface area (Å²) in [5, 5.41) is 7.07. The van der Waals surface area contributed by atoms with Crippen molar-refractivity contribution in [3.05, 3.63) is 30.1 Å². The van der Waals surface area contributed by atoms with Crippen molar-refractivity contribution in [3.8, 4) is 0 Å². The van der Waals surface area contributed by atoms with Crippen LogP contribution in [0.25, 0.3) is 0 Å². The maximum atomic E-state index is 7.07. The second kappa shape index (κ2) is 2.47. The molecule has 0 atom stereocenters. The molecule has 3 heteroatoms. The van der Waals surface area contributed by atoms with Gasteiger partial charge in [0.25, 0.3) is 0 Å². The van der Waals surface area contributed by atoms with Gasteiger partial charge in [-0.3, -0.25) is 5.41 Å². The zero-order valence-corrected chi connectivity index (χ0v) is 5.83. The number of aryl methyl sites for hydroxylation is 1. The average Bonchev–Trinajstić information content (AvgIpc) is 1.88. The number of amidine groups is 1. The maximum Gasteiger partial charge on any atom is 0.169 e. The third-order valence-electron chi connectivity index (χ3n) is 1.29. The fourth-order valence-electron chi connectivity index (χ4n) is 0.681. The lowest BCUT2D eigenvalue weighted by Crippen LogP contribution is -2.27. The van der Waals surface area contributed by atoms with Gasteiger partial charge in [-0.15, -0.1) is 0 Å². The zero-order chi connectivity index (χ0) is 7.56. The number of pyridine rings is 1. The van der Waals surface area contributed by atoms with Crippen LogP contribution >= 0.6 is 0 Å². The van der Waals surface area contributed by atoms with Crippen LogP contribution in [0.15, 0.2) is 24.5 Å². The summed E-state index contributed by atoms with van der Waals surface area (Å²) in [6, 6.07) is 3.62. The van der Waals surface area contributed by atoms with Crippen LogP contribution in [0.5, 0.6) is 0 Å². The van der Waals surface area contributed by atoms with Gasteiger partial charge in [0.1, 0.15) is 12.9 Å². The molecule has 52 valence electrons. The van der Waals surface area contributed by atoms with Crippen molar-refractivity contribution in [1.82, 2.24) is 0 Å². The van der Waals surface area contributed by atoms with Crippen LogP contribution < -0.4 is 10.3 Å². The van der Waals surface area contributed by atoms with E-state index < -0.39 is 0 Å². The number of hydrogen-bond donors (Lipinski definition) is 2. The van der Waals surface area contributed by atoms with Crippen LogP contribution in [-0.2, 0) is 7.05 Å². The second-order valence-corrected chi connectivity index (χ2v) is 2.17. The van der Waals surface area contributed by atoms with Crippen molar-refractivity contribution in [3.63, 3.8) is 0 Å². The molecule has 0 fully saturated rings. The quantitative estimate of drug-likeness (QED) is 0.313. The van der Waals surface area contributed by atoms with Crippen LogP contribution in [0.2, 0.25) is 0 Å². The summed E-state index contributed by atoms with van der Waals surface area (Å²) in [7, 11) is 1.92. The van der Waals surface area contributed by atoms with E-state index >= 15 is 0 Å². The van der Waals surface area contributed by atoms with E-state index in [4.69, 9.17) is 11.1 Å². The second-order valence-electron chi connectivity index (χ2n) is 2.17. The Morgan fingerprint density at radius 3 is 2.40 bits per heavy atom. The molecule has 0 saturated heterocycles. The van der Waals surface area contributed by atoms with Gasteiger partial charge in [0.15, 0.2) is 12.4 Å². The van der Waals surface area contributed by atoms with Crippen LogP contribution in [-0.4, -0.2) is 5.84 Å². The molecule has 1 aromatic rings. The molecule has 1 rings (SSSR count). The van der Waals surface area contributed by atoms with Crippen LogP contribution in [0.4, 0.5) is 0 Å². The Hall–Kier alpha value is -1.38. The molecule has 0 bridgehead atoms. The Balaban J connectivity index is 3.00. The number of aromatic nitrogens is 1. The van der Waals surface area contributed by atoms with Gasteiger partial charge < -0.3 is 5.73 Å². The first-order valence-electron chi connectivity index (χ1n) is 3.00. The summed E-state index contributed by atoms with van der Waals surface area (Å²) in [5.41, 5.74) is 6.00. The molecule has 10 heavy (non-hydrogen) atoms. The lowest BCUT2D eigenvalue weighted by atomic mass is 10.2. The fourth-order valence-corrected chi connectivity index (χ4v) is 0.681. The molecular formula is C7H10N3+. The first-order chi connectivity index (χ1) is 4.70. The normalized spacial score (nSPS) is 9.30. The van der Waals surface area contributed by atoms with E-state index in [-0.39, 0.29) is 5.84 Å². The van der Waals surface area contributed by atoms with E-state index in [1.54, 1.807) is 0 Å². The molecule has 0 radical (unpaired) electrons.